The van der Waals surface area contributed by atoms with Gasteiger partial charge in [-0.05, 0) is 31.9 Å². The predicted octanol–water partition coefficient (Wildman–Crippen LogP) is 1.29. The Morgan fingerprint density at radius 2 is 2.10 bits per heavy atom. The molecule has 1 aromatic rings. The van der Waals surface area contributed by atoms with Gasteiger partial charge in [0.15, 0.2) is 5.69 Å². The molecule has 114 valence electrons. The van der Waals surface area contributed by atoms with Crippen LogP contribution in [-0.4, -0.2) is 53.7 Å². The van der Waals surface area contributed by atoms with Gasteiger partial charge in [-0.15, -0.1) is 10.2 Å². The number of nitrogens with one attached hydrogen (secondary N) is 2. The zero-order chi connectivity index (χ0) is 15.2. The number of nitrogens with zero attached hydrogens (tertiary/aromatic N) is 3. The molecule has 1 fully saturated rings. The highest BCUT2D eigenvalue weighted by Gasteiger charge is 2.19. The third-order valence-corrected chi connectivity index (χ3v) is 3.56. The fraction of sp³-hybridized carbons (Fsp3) is 0.533. The van der Waals surface area contributed by atoms with E-state index in [9.17, 15) is 4.79 Å². The van der Waals surface area contributed by atoms with Gasteiger partial charge >= 0.3 is 0 Å². The molecule has 1 saturated heterocycles. The Balaban J connectivity index is 1.83. The van der Waals surface area contributed by atoms with Crippen molar-refractivity contribution in [2.45, 2.75) is 25.8 Å². The Labute approximate surface area is 125 Å². The van der Waals surface area contributed by atoms with Crippen LogP contribution in [0.15, 0.2) is 24.3 Å². The van der Waals surface area contributed by atoms with Crippen LogP contribution in [0, 0.1) is 0 Å². The molecule has 1 amide bonds. The van der Waals surface area contributed by atoms with Crippen LogP contribution < -0.4 is 10.6 Å². The van der Waals surface area contributed by atoms with Crippen molar-refractivity contribution >= 4 is 11.7 Å². The minimum atomic E-state index is -0.220. The summed E-state index contributed by atoms with van der Waals surface area (Å²) in [4.78, 5) is 13.8. The summed E-state index contributed by atoms with van der Waals surface area (Å²) >= 11 is 0. The molecule has 21 heavy (non-hydrogen) atoms. The molecule has 1 aromatic heterocycles. The summed E-state index contributed by atoms with van der Waals surface area (Å²) in [5, 5.41) is 13.9. The van der Waals surface area contributed by atoms with E-state index in [1.807, 2.05) is 0 Å². The van der Waals surface area contributed by atoms with E-state index in [1.165, 1.54) is 5.57 Å². The van der Waals surface area contributed by atoms with Crippen molar-refractivity contribution in [3.05, 3.63) is 30.0 Å². The van der Waals surface area contributed by atoms with Crippen LogP contribution in [0.2, 0.25) is 0 Å². The third kappa shape index (κ3) is 4.53. The van der Waals surface area contributed by atoms with Crippen LogP contribution in [0.1, 0.15) is 30.3 Å². The quantitative estimate of drug-likeness (QED) is 0.799. The monoisotopic (exact) mass is 289 g/mol. The van der Waals surface area contributed by atoms with Crippen LogP contribution in [0.25, 0.3) is 0 Å². The topological polar surface area (TPSA) is 70.2 Å². The molecule has 2 heterocycles. The number of aromatic nitrogens is 2. The first-order chi connectivity index (χ1) is 10.1. The standard InChI is InChI=1S/C15H23N5O/c1-11(2)10-20-8-6-12(7-9-20)17-14-5-4-13(18-19-14)15(21)16-3/h4-5,12H,1,6-10H2,2-3H3,(H,16,21)(H,17,19). The highest BCUT2D eigenvalue weighted by molar-refractivity contribution is 5.91. The van der Waals surface area contributed by atoms with Crippen molar-refractivity contribution in [2.24, 2.45) is 0 Å². The number of carbonyl (C=O) groups is 1. The van der Waals surface area contributed by atoms with Crippen LogP contribution in [0.5, 0.6) is 0 Å². The second kappa shape index (κ2) is 7.17. The molecule has 1 aliphatic rings. The maximum atomic E-state index is 11.4. The molecule has 0 saturated carbocycles. The van der Waals surface area contributed by atoms with Gasteiger partial charge in [0.2, 0.25) is 0 Å². The van der Waals surface area contributed by atoms with Gasteiger partial charge in [0.05, 0.1) is 0 Å². The number of hydrogen-bond acceptors (Lipinski definition) is 5. The van der Waals surface area contributed by atoms with Gasteiger partial charge in [0, 0.05) is 32.7 Å². The average molecular weight is 289 g/mol. The first-order valence-corrected chi connectivity index (χ1v) is 7.27. The lowest BCUT2D eigenvalue weighted by Gasteiger charge is -2.32. The molecule has 0 radical (unpaired) electrons. The molecule has 0 spiro atoms. The van der Waals surface area contributed by atoms with E-state index in [4.69, 9.17) is 0 Å². The van der Waals surface area contributed by atoms with Crippen molar-refractivity contribution < 1.29 is 4.79 Å². The fourth-order valence-corrected chi connectivity index (χ4v) is 2.48. The summed E-state index contributed by atoms with van der Waals surface area (Å²) in [5.74, 6) is 0.503. The first-order valence-electron chi connectivity index (χ1n) is 7.27. The van der Waals surface area contributed by atoms with Crippen LogP contribution in [0.3, 0.4) is 0 Å². The maximum absolute atomic E-state index is 11.4. The smallest absolute Gasteiger partial charge is 0.271 e. The summed E-state index contributed by atoms with van der Waals surface area (Å²) in [6, 6.07) is 3.90. The second-order valence-electron chi connectivity index (χ2n) is 5.53. The van der Waals surface area contributed by atoms with Gasteiger partial charge in [0.1, 0.15) is 5.82 Å². The minimum absolute atomic E-state index is 0.220. The molecule has 2 rings (SSSR count). The summed E-state index contributed by atoms with van der Waals surface area (Å²) in [5.41, 5.74) is 1.54. The van der Waals surface area contributed by atoms with E-state index in [1.54, 1.807) is 19.2 Å². The fourth-order valence-electron chi connectivity index (χ4n) is 2.48. The molecule has 0 atom stereocenters. The highest BCUT2D eigenvalue weighted by Crippen LogP contribution is 2.15. The molecule has 6 heteroatoms. The lowest BCUT2D eigenvalue weighted by Crippen LogP contribution is -2.39. The van der Waals surface area contributed by atoms with Gasteiger partial charge in [0.25, 0.3) is 5.91 Å². The summed E-state index contributed by atoms with van der Waals surface area (Å²) in [6.45, 7) is 9.13. The molecule has 6 nitrogen and oxygen atoms in total. The highest BCUT2D eigenvalue weighted by atomic mass is 16.1. The van der Waals surface area contributed by atoms with Crippen molar-refractivity contribution in [1.82, 2.24) is 20.4 Å². The Morgan fingerprint density at radius 1 is 1.38 bits per heavy atom. The molecular weight excluding hydrogens is 266 g/mol. The lowest BCUT2D eigenvalue weighted by molar-refractivity contribution is 0.0957. The normalized spacial score (nSPS) is 16.5. The molecule has 0 bridgehead atoms. The van der Waals surface area contributed by atoms with Crippen LogP contribution in [-0.2, 0) is 0 Å². The Morgan fingerprint density at radius 3 is 2.62 bits per heavy atom. The Kier molecular flexibility index (Phi) is 5.27. The maximum Gasteiger partial charge on any atom is 0.271 e. The number of carbonyl (C=O) groups excluding carboxylic acids is 1. The third-order valence-electron chi connectivity index (χ3n) is 3.56. The number of hydrogen-bond donors (Lipinski definition) is 2. The lowest BCUT2D eigenvalue weighted by atomic mass is 10.0. The zero-order valence-electron chi connectivity index (χ0n) is 12.7. The zero-order valence-corrected chi connectivity index (χ0v) is 12.7. The Bertz CT molecular complexity index is 491. The Hall–Kier alpha value is -1.95. The number of rotatable bonds is 5. The second-order valence-corrected chi connectivity index (χ2v) is 5.53. The van der Waals surface area contributed by atoms with Gasteiger partial charge in [-0.1, -0.05) is 12.2 Å². The number of anilines is 1. The first kappa shape index (κ1) is 15.4. The predicted molar refractivity (Wildman–Crippen MR) is 83.3 cm³/mol. The number of piperidine rings is 1. The van der Waals surface area contributed by atoms with Gasteiger partial charge in [-0.3, -0.25) is 9.69 Å². The van der Waals surface area contributed by atoms with Crippen LogP contribution in [0.4, 0.5) is 5.82 Å². The summed E-state index contributed by atoms with van der Waals surface area (Å²) in [6.07, 6.45) is 2.15. The average Bonchev–Trinajstić information content (AvgIpc) is 2.49. The largest absolute Gasteiger partial charge is 0.366 e. The van der Waals surface area contributed by atoms with E-state index in [-0.39, 0.29) is 5.91 Å². The summed E-state index contributed by atoms with van der Waals surface area (Å²) < 4.78 is 0. The van der Waals surface area contributed by atoms with Crippen molar-refractivity contribution in [3.63, 3.8) is 0 Å². The SMILES string of the molecule is C=C(C)CN1CCC(Nc2ccc(C(=O)NC)nn2)CC1. The van der Waals surface area contributed by atoms with E-state index >= 15 is 0 Å². The van der Waals surface area contributed by atoms with Gasteiger partial charge in [-0.25, -0.2) is 0 Å². The van der Waals surface area contributed by atoms with Gasteiger partial charge < -0.3 is 10.6 Å². The molecular formula is C15H23N5O. The molecule has 0 aliphatic carbocycles. The molecule has 1 aliphatic heterocycles. The van der Waals surface area contributed by atoms with Crippen LogP contribution >= 0.6 is 0 Å². The minimum Gasteiger partial charge on any atom is -0.366 e. The van der Waals surface area contributed by atoms with Crippen molar-refractivity contribution in [3.8, 4) is 0 Å². The molecule has 0 unspecified atom stereocenters. The van der Waals surface area contributed by atoms with E-state index < -0.39 is 0 Å². The number of likely N-dealkylation sites (tertiary alicyclic amines) is 1. The van der Waals surface area contributed by atoms with E-state index in [0.29, 0.717) is 11.7 Å². The van der Waals surface area contributed by atoms with Gasteiger partial charge in [-0.2, -0.15) is 0 Å². The van der Waals surface area contributed by atoms with Crippen molar-refractivity contribution in [1.29, 1.82) is 0 Å². The van der Waals surface area contributed by atoms with Crippen molar-refractivity contribution in [2.75, 3.05) is 32.0 Å². The summed E-state index contributed by atoms with van der Waals surface area (Å²) in [7, 11) is 1.58. The number of amides is 1. The molecule has 2 N–H and O–H groups in total. The van der Waals surface area contributed by atoms with E-state index in [2.05, 4.69) is 39.2 Å². The molecule has 0 aromatic carbocycles. The van der Waals surface area contributed by atoms with E-state index in [0.717, 1.165) is 38.3 Å².